The van der Waals surface area contributed by atoms with E-state index in [0.717, 1.165) is 12.8 Å². The highest BCUT2D eigenvalue weighted by molar-refractivity contribution is 5.76. The van der Waals surface area contributed by atoms with Crippen LogP contribution in [0.25, 0.3) is 0 Å². The van der Waals surface area contributed by atoms with Gasteiger partial charge in [-0.2, -0.15) is 5.26 Å². The summed E-state index contributed by atoms with van der Waals surface area (Å²) in [5, 5.41) is 12.3. The molecule has 6 nitrogen and oxygen atoms in total. The van der Waals surface area contributed by atoms with E-state index >= 15 is 0 Å². The number of hydrogen-bond donors (Lipinski definition) is 1. The van der Waals surface area contributed by atoms with E-state index in [0.29, 0.717) is 19.5 Å². The molecule has 1 N–H and O–H groups in total. The van der Waals surface area contributed by atoms with Crippen LogP contribution in [0, 0.1) is 23.2 Å². The maximum atomic E-state index is 12.6. The minimum atomic E-state index is -0.542. The normalized spacial score (nSPS) is 23.6. The number of nitrogens with zero attached hydrogens (tertiary/aromatic N) is 2. The van der Waals surface area contributed by atoms with Crippen molar-refractivity contribution in [3.05, 3.63) is 0 Å². The molecule has 1 aliphatic heterocycles. The lowest BCUT2D eigenvalue weighted by atomic mass is 9.95. The van der Waals surface area contributed by atoms with Crippen LogP contribution in [0.2, 0.25) is 0 Å². The Balaban J connectivity index is 2.86. The van der Waals surface area contributed by atoms with Crippen molar-refractivity contribution in [3.63, 3.8) is 0 Å². The van der Waals surface area contributed by atoms with Gasteiger partial charge in [0.2, 0.25) is 5.91 Å². The Labute approximate surface area is 151 Å². The first kappa shape index (κ1) is 21.4. The van der Waals surface area contributed by atoms with Crippen LogP contribution in [0.1, 0.15) is 60.8 Å². The van der Waals surface area contributed by atoms with Crippen LogP contribution in [-0.2, 0) is 14.3 Å². The summed E-state index contributed by atoms with van der Waals surface area (Å²) in [6.45, 7) is 12.4. The molecule has 1 rings (SSSR count). The van der Waals surface area contributed by atoms with E-state index in [-0.39, 0.29) is 35.8 Å². The topological polar surface area (TPSA) is 82.4 Å². The van der Waals surface area contributed by atoms with Crippen molar-refractivity contribution >= 4 is 11.9 Å². The lowest BCUT2D eigenvalue weighted by Gasteiger charge is -2.32. The molecule has 1 aliphatic rings. The van der Waals surface area contributed by atoms with E-state index in [2.05, 4.69) is 23.2 Å². The first-order valence-electron chi connectivity index (χ1n) is 9.21. The van der Waals surface area contributed by atoms with Crippen LogP contribution in [-0.4, -0.2) is 47.6 Å². The summed E-state index contributed by atoms with van der Waals surface area (Å²) in [6, 6.07) is 1.93. The maximum absolute atomic E-state index is 12.6. The molecular weight excluding hydrogens is 318 g/mol. The van der Waals surface area contributed by atoms with E-state index in [1.165, 1.54) is 6.92 Å². The van der Waals surface area contributed by atoms with Gasteiger partial charge >= 0.3 is 5.97 Å². The van der Waals surface area contributed by atoms with Crippen LogP contribution in [0.5, 0.6) is 0 Å². The zero-order valence-electron chi connectivity index (χ0n) is 16.5. The van der Waals surface area contributed by atoms with Gasteiger partial charge in [0, 0.05) is 26.1 Å². The second-order valence-corrected chi connectivity index (χ2v) is 8.10. The van der Waals surface area contributed by atoms with E-state index in [4.69, 9.17) is 4.74 Å². The highest BCUT2D eigenvalue weighted by Gasteiger charge is 2.40. The standard InChI is InChI=1S/C19H33N3O3/c1-7-8-16(13(2)21-14(3)23)12-22-11-15(10-20)9-17(22)18(24)25-19(4,5)6/h13,15-17H,7-9,11-12H2,1-6H3,(H,21,23). The first-order chi connectivity index (χ1) is 11.6. The summed E-state index contributed by atoms with van der Waals surface area (Å²) in [5.41, 5.74) is -0.542. The molecule has 4 atom stereocenters. The van der Waals surface area contributed by atoms with Gasteiger partial charge in [-0.3, -0.25) is 14.5 Å². The molecule has 1 heterocycles. The molecule has 0 aliphatic carbocycles. The molecule has 1 amide bonds. The van der Waals surface area contributed by atoms with Gasteiger partial charge in [0.05, 0.1) is 12.0 Å². The first-order valence-corrected chi connectivity index (χ1v) is 9.21. The minimum Gasteiger partial charge on any atom is -0.459 e. The summed E-state index contributed by atoms with van der Waals surface area (Å²) in [6.07, 6.45) is 2.47. The van der Waals surface area contributed by atoms with Crippen LogP contribution >= 0.6 is 0 Å². The summed E-state index contributed by atoms with van der Waals surface area (Å²) in [5.74, 6) is -0.228. The summed E-state index contributed by atoms with van der Waals surface area (Å²) >= 11 is 0. The molecule has 0 aromatic heterocycles. The summed E-state index contributed by atoms with van der Waals surface area (Å²) in [7, 11) is 0. The predicted molar refractivity (Wildman–Crippen MR) is 96.6 cm³/mol. The second kappa shape index (κ2) is 9.19. The summed E-state index contributed by atoms with van der Waals surface area (Å²) < 4.78 is 5.55. The molecule has 142 valence electrons. The van der Waals surface area contributed by atoms with Gasteiger partial charge in [0.25, 0.3) is 0 Å². The molecule has 1 saturated heterocycles. The molecular formula is C19H33N3O3. The van der Waals surface area contributed by atoms with Crippen molar-refractivity contribution in [2.24, 2.45) is 11.8 Å². The smallest absolute Gasteiger partial charge is 0.323 e. The number of carbonyl (C=O) groups excluding carboxylic acids is 2. The highest BCUT2D eigenvalue weighted by Crippen LogP contribution is 2.28. The third-order valence-electron chi connectivity index (χ3n) is 4.53. The predicted octanol–water partition coefficient (Wildman–Crippen LogP) is 2.48. The van der Waals surface area contributed by atoms with Gasteiger partial charge in [-0.25, -0.2) is 0 Å². The van der Waals surface area contributed by atoms with Crippen LogP contribution < -0.4 is 5.32 Å². The number of likely N-dealkylation sites (tertiary alicyclic amines) is 1. The Hall–Kier alpha value is -1.61. The molecule has 4 unspecified atom stereocenters. The monoisotopic (exact) mass is 351 g/mol. The number of amides is 1. The zero-order chi connectivity index (χ0) is 19.2. The fourth-order valence-corrected chi connectivity index (χ4v) is 3.42. The summed E-state index contributed by atoms with van der Waals surface area (Å²) in [4.78, 5) is 26.0. The van der Waals surface area contributed by atoms with Crippen molar-refractivity contribution in [1.82, 2.24) is 10.2 Å². The average molecular weight is 351 g/mol. The molecule has 0 aromatic carbocycles. The molecule has 25 heavy (non-hydrogen) atoms. The van der Waals surface area contributed by atoms with Gasteiger partial charge < -0.3 is 10.1 Å². The number of esters is 1. The molecule has 0 saturated carbocycles. The Kier molecular flexibility index (Phi) is 7.88. The van der Waals surface area contributed by atoms with Gasteiger partial charge in [0.1, 0.15) is 11.6 Å². The van der Waals surface area contributed by atoms with Gasteiger partial charge in [-0.15, -0.1) is 0 Å². The van der Waals surface area contributed by atoms with E-state index in [1.807, 2.05) is 27.7 Å². The van der Waals surface area contributed by atoms with Crippen molar-refractivity contribution in [3.8, 4) is 6.07 Å². The Morgan fingerprint density at radius 3 is 2.52 bits per heavy atom. The van der Waals surface area contributed by atoms with E-state index in [9.17, 15) is 14.9 Å². The quantitative estimate of drug-likeness (QED) is 0.713. The van der Waals surface area contributed by atoms with Gasteiger partial charge in [-0.1, -0.05) is 13.3 Å². The number of rotatable bonds is 7. The third kappa shape index (κ3) is 7.03. The fraction of sp³-hybridized carbons (Fsp3) is 0.842. The van der Waals surface area contributed by atoms with Crippen molar-refractivity contribution in [1.29, 1.82) is 5.26 Å². The molecule has 0 bridgehead atoms. The number of ether oxygens (including phenoxy) is 1. The number of nitrogens with one attached hydrogen (secondary N) is 1. The van der Waals surface area contributed by atoms with Crippen LogP contribution in [0.15, 0.2) is 0 Å². The van der Waals surface area contributed by atoms with E-state index < -0.39 is 5.60 Å². The van der Waals surface area contributed by atoms with Gasteiger partial charge in [-0.05, 0) is 46.5 Å². The lowest BCUT2D eigenvalue weighted by molar-refractivity contribution is -0.160. The number of nitriles is 1. The molecule has 0 spiro atoms. The van der Waals surface area contributed by atoms with Crippen LogP contribution in [0.4, 0.5) is 0 Å². The minimum absolute atomic E-state index is 0.0258. The van der Waals surface area contributed by atoms with E-state index in [1.54, 1.807) is 0 Å². The largest absolute Gasteiger partial charge is 0.459 e. The Bertz CT molecular complexity index is 507. The Morgan fingerprint density at radius 2 is 2.04 bits per heavy atom. The molecule has 1 fully saturated rings. The highest BCUT2D eigenvalue weighted by atomic mass is 16.6. The maximum Gasteiger partial charge on any atom is 0.323 e. The number of hydrogen-bond acceptors (Lipinski definition) is 5. The van der Waals surface area contributed by atoms with Crippen molar-refractivity contribution in [2.75, 3.05) is 13.1 Å². The average Bonchev–Trinajstić information content (AvgIpc) is 2.87. The van der Waals surface area contributed by atoms with Gasteiger partial charge in [0.15, 0.2) is 0 Å². The van der Waals surface area contributed by atoms with Crippen molar-refractivity contribution in [2.45, 2.75) is 78.5 Å². The molecule has 0 radical (unpaired) electrons. The SMILES string of the molecule is CCCC(CN1CC(C#N)CC1C(=O)OC(C)(C)C)C(C)NC(C)=O. The second-order valence-electron chi connectivity index (χ2n) is 8.10. The number of carbonyl (C=O) groups is 2. The Morgan fingerprint density at radius 1 is 1.40 bits per heavy atom. The third-order valence-corrected chi connectivity index (χ3v) is 4.53. The van der Waals surface area contributed by atoms with Crippen LogP contribution in [0.3, 0.4) is 0 Å². The zero-order valence-corrected chi connectivity index (χ0v) is 16.5. The lowest BCUT2D eigenvalue weighted by Crippen LogP contribution is -2.46. The fourth-order valence-electron chi connectivity index (χ4n) is 3.42. The van der Waals surface area contributed by atoms with Crippen molar-refractivity contribution < 1.29 is 14.3 Å². The molecule has 6 heteroatoms. The molecule has 0 aromatic rings.